The highest BCUT2D eigenvalue weighted by molar-refractivity contribution is 5.87. The largest absolute Gasteiger partial charge is 0.416 e. The summed E-state index contributed by atoms with van der Waals surface area (Å²) >= 11 is 0. The fourth-order valence-corrected chi connectivity index (χ4v) is 3.79. The van der Waals surface area contributed by atoms with Gasteiger partial charge in [-0.2, -0.15) is 28.2 Å². The maximum absolute atomic E-state index is 13.0. The second kappa shape index (κ2) is 9.34. The third kappa shape index (κ3) is 4.94. The Labute approximate surface area is 199 Å². The van der Waals surface area contributed by atoms with Gasteiger partial charge in [0.15, 0.2) is 17.0 Å². The van der Waals surface area contributed by atoms with Crippen molar-refractivity contribution in [2.45, 2.75) is 13.1 Å². The molecule has 1 N–H and O–H groups in total. The zero-order valence-electron chi connectivity index (χ0n) is 18.8. The zero-order valence-corrected chi connectivity index (χ0v) is 18.8. The number of hydrogen-bond acceptors (Lipinski definition) is 7. The lowest BCUT2D eigenvalue weighted by molar-refractivity contribution is -0.137. The van der Waals surface area contributed by atoms with Gasteiger partial charge in [0.2, 0.25) is 5.95 Å². The van der Waals surface area contributed by atoms with Gasteiger partial charge in [0.25, 0.3) is 0 Å². The number of imidazole rings is 1. The maximum atomic E-state index is 13.0. The molecule has 0 saturated carbocycles. The lowest BCUT2D eigenvalue weighted by atomic mass is 10.2. The van der Waals surface area contributed by atoms with Crippen molar-refractivity contribution in [1.29, 1.82) is 0 Å². The minimum absolute atomic E-state index is 0.394. The number of hydrogen-bond donors (Lipinski definition) is 1. The SMILES string of the molecule is Cc1cccc(/C=N/Nc2nc(N3CCOCC3)nc3c2ncn3-c2ccc(C(F)(F)F)cc2)c1. The standard InChI is InChI=1S/C24H22F3N7O/c1-16-3-2-4-17(13-16)14-29-32-21-20-22(31-23(30-21)33-9-11-35-12-10-33)34(15-28-20)19-7-5-18(6-8-19)24(25,26)27/h2-8,13-15H,9-12H2,1H3,(H,30,31,32)/b29-14+. The molecule has 0 unspecified atom stereocenters. The molecule has 0 radical (unpaired) electrons. The summed E-state index contributed by atoms with van der Waals surface area (Å²) in [7, 11) is 0. The van der Waals surface area contributed by atoms with Crippen molar-refractivity contribution in [3.05, 3.63) is 71.5 Å². The number of benzene rings is 2. The van der Waals surface area contributed by atoms with E-state index < -0.39 is 11.7 Å². The number of nitrogens with one attached hydrogen (secondary N) is 1. The molecule has 0 amide bonds. The van der Waals surface area contributed by atoms with Crippen molar-refractivity contribution >= 4 is 29.1 Å². The predicted molar refractivity (Wildman–Crippen MR) is 127 cm³/mol. The molecule has 35 heavy (non-hydrogen) atoms. The topological polar surface area (TPSA) is 80.5 Å². The molecule has 11 heteroatoms. The van der Waals surface area contributed by atoms with Crippen LogP contribution in [0, 0.1) is 6.92 Å². The summed E-state index contributed by atoms with van der Waals surface area (Å²) in [6, 6.07) is 12.7. The molecule has 0 atom stereocenters. The lowest BCUT2D eigenvalue weighted by Gasteiger charge is -2.27. The molecule has 3 heterocycles. The molecule has 1 aliphatic heterocycles. The molecule has 4 aromatic rings. The van der Waals surface area contributed by atoms with E-state index in [0.29, 0.717) is 54.9 Å². The van der Waals surface area contributed by atoms with Crippen LogP contribution in [0.3, 0.4) is 0 Å². The number of hydrazone groups is 1. The molecule has 5 rings (SSSR count). The third-order valence-electron chi connectivity index (χ3n) is 5.58. The van der Waals surface area contributed by atoms with Crippen LogP contribution in [0.4, 0.5) is 24.9 Å². The minimum Gasteiger partial charge on any atom is -0.378 e. The van der Waals surface area contributed by atoms with E-state index in [4.69, 9.17) is 9.72 Å². The van der Waals surface area contributed by atoms with Gasteiger partial charge in [0, 0.05) is 18.8 Å². The predicted octanol–water partition coefficient (Wildman–Crippen LogP) is 4.43. The van der Waals surface area contributed by atoms with Crippen LogP contribution in [0.25, 0.3) is 16.9 Å². The van der Waals surface area contributed by atoms with Crippen LogP contribution in [0.1, 0.15) is 16.7 Å². The van der Waals surface area contributed by atoms with Crippen LogP contribution in [0.5, 0.6) is 0 Å². The Morgan fingerprint density at radius 3 is 2.54 bits per heavy atom. The minimum atomic E-state index is -4.41. The van der Waals surface area contributed by atoms with Crippen molar-refractivity contribution in [3.8, 4) is 5.69 Å². The molecule has 2 aromatic heterocycles. The quantitative estimate of drug-likeness (QED) is 0.336. The summed E-state index contributed by atoms with van der Waals surface area (Å²) in [5, 5.41) is 4.33. The zero-order chi connectivity index (χ0) is 24.4. The second-order valence-electron chi connectivity index (χ2n) is 8.09. The molecule has 0 aliphatic carbocycles. The van der Waals surface area contributed by atoms with E-state index >= 15 is 0 Å². The van der Waals surface area contributed by atoms with Crippen molar-refractivity contribution < 1.29 is 17.9 Å². The number of halogens is 3. The average molecular weight is 481 g/mol. The molecule has 1 aliphatic rings. The Balaban J connectivity index is 1.53. The summed E-state index contributed by atoms with van der Waals surface area (Å²) in [5.74, 6) is 0.855. The van der Waals surface area contributed by atoms with Gasteiger partial charge in [-0.1, -0.05) is 29.8 Å². The summed E-state index contributed by atoms with van der Waals surface area (Å²) in [4.78, 5) is 15.7. The monoisotopic (exact) mass is 481 g/mol. The highest BCUT2D eigenvalue weighted by Gasteiger charge is 2.30. The Bertz CT molecular complexity index is 1360. The summed E-state index contributed by atoms with van der Waals surface area (Å²) in [6.07, 6.45) is -1.21. The number of rotatable bonds is 5. The molecule has 0 bridgehead atoms. The highest BCUT2D eigenvalue weighted by atomic mass is 19.4. The van der Waals surface area contributed by atoms with Crippen LogP contribution in [0.2, 0.25) is 0 Å². The molecule has 2 aromatic carbocycles. The number of aryl methyl sites for hydroxylation is 1. The van der Waals surface area contributed by atoms with Crippen LogP contribution >= 0.6 is 0 Å². The van der Waals surface area contributed by atoms with Crippen LogP contribution in [-0.2, 0) is 10.9 Å². The normalized spacial score (nSPS) is 14.7. The van der Waals surface area contributed by atoms with Crippen molar-refractivity contribution in [1.82, 2.24) is 19.5 Å². The van der Waals surface area contributed by atoms with Crippen LogP contribution in [-0.4, -0.2) is 52.0 Å². The molecule has 1 fully saturated rings. The van der Waals surface area contributed by atoms with Gasteiger partial charge in [-0.05, 0) is 36.8 Å². The van der Waals surface area contributed by atoms with E-state index in [1.165, 1.54) is 18.5 Å². The number of anilines is 2. The van der Waals surface area contributed by atoms with E-state index in [0.717, 1.165) is 23.3 Å². The average Bonchev–Trinajstić information content (AvgIpc) is 3.28. The van der Waals surface area contributed by atoms with E-state index in [-0.39, 0.29) is 0 Å². The first-order valence-corrected chi connectivity index (χ1v) is 11.0. The van der Waals surface area contributed by atoms with Gasteiger partial charge in [0.1, 0.15) is 6.33 Å². The first-order valence-electron chi connectivity index (χ1n) is 11.0. The summed E-state index contributed by atoms with van der Waals surface area (Å²) in [6.45, 7) is 4.33. The molecule has 180 valence electrons. The van der Waals surface area contributed by atoms with Gasteiger partial charge in [-0.3, -0.25) is 9.99 Å². The highest BCUT2D eigenvalue weighted by Crippen LogP contribution is 2.31. The molecule has 1 saturated heterocycles. The number of fused-ring (bicyclic) bond motifs is 1. The number of nitrogens with zero attached hydrogens (tertiary/aromatic N) is 6. The lowest BCUT2D eigenvalue weighted by Crippen LogP contribution is -2.37. The van der Waals surface area contributed by atoms with Crippen molar-refractivity contribution in [2.75, 3.05) is 36.6 Å². The van der Waals surface area contributed by atoms with Crippen molar-refractivity contribution in [3.63, 3.8) is 0 Å². The van der Waals surface area contributed by atoms with E-state index in [1.54, 1.807) is 10.8 Å². The molecule has 0 spiro atoms. The fourth-order valence-electron chi connectivity index (χ4n) is 3.79. The number of aromatic nitrogens is 4. The smallest absolute Gasteiger partial charge is 0.378 e. The van der Waals surface area contributed by atoms with Gasteiger partial charge < -0.3 is 9.64 Å². The molecule has 8 nitrogen and oxygen atoms in total. The number of alkyl halides is 3. The van der Waals surface area contributed by atoms with E-state index in [9.17, 15) is 13.2 Å². The van der Waals surface area contributed by atoms with Crippen molar-refractivity contribution in [2.24, 2.45) is 5.10 Å². The van der Waals surface area contributed by atoms with Crippen LogP contribution < -0.4 is 10.3 Å². The number of morpholine rings is 1. The summed E-state index contributed by atoms with van der Waals surface area (Å²) < 4.78 is 46.1. The third-order valence-corrected chi connectivity index (χ3v) is 5.58. The van der Waals surface area contributed by atoms with Gasteiger partial charge >= 0.3 is 6.18 Å². The first kappa shape index (κ1) is 22.8. The van der Waals surface area contributed by atoms with Gasteiger partial charge in [-0.25, -0.2) is 4.98 Å². The van der Waals surface area contributed by atoms with Crippen LogP contribution in [0.15, 0.2) is 60.0 Å². The van der Waals surface area contributed by atoms with Gasteiger partial charge in [-0.15, -0.1) is 0 Å². The summed E-state index contributed by atoms with van der Waals surface area (Å²) in [5.41, 5.74) is 5.68. The fraction of sp³-hybridized carbons (Fsp3) is 0.250. The second-order valence-corrected chi connectivity index (χ2v) is 8.09. The Morgan fingerprint density at radius 1 is 1.06 bits per heavy atom. The molecular weight excluding hydrogens is 459 g/mol. The van der Waals surface area contributed by atoms with E-state index in [1.807, 2.05) is 36.1 Å². The number of ether oxygens (including phenoxy) is 1. The van der Waals surface area contributed by atoms with E-state index in [2.05, 4.69) is 20.5 Å². The Hall–Kier alpha value is -3.99. The first-order chi connectivity index (χ1) is 16.9. The molecular formula is C24H22F3N7O. The van der Waals surface area contributed by atoms with Gasteiger partial charge in [0.05, 0.1) is 25.0 Å². The Morgan fingerprint density at radius 2 is 1.83 bits per heavy atom. The Kier molecular flexibility index (Phi) is 6.08. The maximum Gasteiger partial charge on any atom is 0.416 e.